The van der Waals surface area contributed by atoms with Gasteiger partial charge in [-0.15, -0.1) is 0 Å². The van der Waals surface area contributed by atoms with Crippen molar-refractivity contribution in [3.8, 4) is 5.75 Å². The van der Waals surface area contributed by atoms with E-state index in [1.807, 2.05) is 24.3 Å². The quantitative estimate of drug-likeness (QED) is 0.936. The van der Waals surface area contributed by atoms with Gasteiger partial charge in [-0.2, -0.15) is 0 Å². The van der Waals surface area contributed by atoms with Crippen LogP contribution in [0, 0.1) is 0 Å². The van der Waals surface area contributed by atoms with Gasteiger partial charge in [0.1, 0.15) is 12.4 Å². The first kappa shape index (κ1) is 12.6. The largest absolute Gasteiger partial charge is 0.489 e. The van der Waals surface area contributed by atoms with Gasteiger partial charge in [-0.25, -0.2) is 4.79 Å². The second kappa shape index (κ2) is 5.69. The smallest absolute Gasteiger partial charge is 0.336 e. The van der Waals surface area contributed by atoms with Crippen molar-refractivity contribution in [2.75, 3.05) is 0 Å². The predicted molar refractivity (Wildman–Crippen MR) is 71.9 cm³/mol. The molecule has 0 aliphatic heterocycles. The van der Waals surface area contributed by atoms with Crippen LogP contribution in [0.3, 0.4) is 0 Å². The van der Waals surface area contributed by atoms with Crippen molar-refractivity contribution in [3.63, 3.8) is 0 Å². The summed E-state index contributed by atoms with van der Waals surface area (Å²) in [7, 11) is 0. The minimum Gasteiger partial charge on any atom is -0.489 e. The normalized spacial score (nSPS) is 10.1. The van der Waals surface area contributed by atoms with Gasteiger partial charge < -0.3 is 9.84 Å². The highest BCUT2D eigenvalue weighted by Crippen LogP contribution is 2.18. The number of aromatic carboxylic acids is 1. The molecule has 0 saturated heterocycles. The first-order valence-corrected chi connectivity index (χ1v) is 6.15. The Morgan fingerprint density at radius 3 is 2.44 bits per heavy atom. The van der Waals surface area contributed by atoms with E-state index in [1.165, 1.54) is 0 Å². The van der Waals surface area contributed by atoms with Crippen molar-refractivity contribution in [3.05, 3.63) is 64.1 Å². The maximum absolute atomic E-state index is 11.0. The summed E-state index contributed by atoms with van der Waals surface area (Å²) in [6.07, 6.45) is 0. The third-order valence-corrected chi connectivity index (χ3v) is 2.98. The van der Waals surface area contributed by atoms with E-state index in [1.54, 1.807) is 24.3 Å². The lowest BCUT2D eigenvalue weighted by molar-refractivity contribution is 0.0694. The van der Waals surface area contributed by atoms with Crippen LogP contribution >= 0.6 is 15.9 Å². The van der Waals surface area contributed by atoms with E-state index in [0.717, 1.165) is 4.47 Å². The molecular weight excluding hydrogens is 296 g/mol. The molecule has 0 aliphatic rings. The van der Waals surface area contributed by atoms with Crippen LogP contribution in [0.15, 0.2) is 53.0 Å². The molecule has 0 aromatic heterocycles. The molecule has 0 aliphatic carbocycles. The average Bonchev–Trinajstić information content (AvgIpc) is 2.38. The molecule has 0 heterocycles. The molecule has 2 aromatic carbocycles. The maximum Gasteiger partial charge on any atom is 0.336 e. The van der Waals surface area contributed by atoms with Crippen LogP contribution in [0.5, 0.6) is 5.75 Å². The van der Waals surface area contributed by atoms with Crippen molar-refractivity contribution >= 4 is 21.9 Å². The van der Waals surface area contributed by atoms with E-state index < -0.39 is 5.97 Å². The number of carboxylic acid groups (broad SMARTS) is 1. The summed E-state index contributed by atoms with van der Waals surface area (Å²) in [4.78, 5) is 11.0. The molecule has 4 heteroatoms. The zero-order chi connectivity index (χ0) is 13.0. The lowest BCUT2D eigenvalue weighted by Crippen LogP contribution is -2.05. The van der Waals surface area contributed by atoms with Gasteiger partial charge in [0.15, 0.2) is 0 Å². The molecule has 18 heavy (non-hydrogen) atoms. The van der Waals surface area contributed by atoms with Gasteiger partial charge in [0.2, 0.25) is 0 Å². The van der Waals surface area contributed by atoms with E-state index in [0.29, 0.717) is 11.3 Å². The Bertz CT molecular complexity index is 549. The van der Waals surface area contributed by atoms with Gasteiger partial charge in [0, 0.05) is 10.0 Å². The summed E-state index contributed by atoms with van der Waals surface area (Å²) in [6.45, 7) is 0.240. The van der Waals surface area contributed by atoms with Crippen LogP contribution in [0.2, 0.25) is 0 Å². The van der Waals surface area contributed by atoms with E-state index in [4.69, 9.17) is 9.84 Å². The van der Waals surface area contributed by atoms with Gasteiger partial charge in [0.25, 0.3) is 0 Å². The summed E-state index contributed by atoms with van der Waals surface area (Å²) in [5, 5.41) is 9.04. The Morgan fingerprint density at radius 2 is 1.78 bits per heavy atom. The second-order valence-electron chi connectivity index (χ2n) is 3.70. The number of benzene rings is 2. The minimum atomic E-state index is -0.940. The number of rotatable bonds is 4. The Morgan fingerprint density at radius 1 is 1.11 bits per heavy atom. The monoisotopic (exact) mass is 306 g/mol. The number of carbonyl (C=O) groups is 1. The van der Waals surface area contributed by atoms with Crippen molar-refractivity contribution in [2.24, 2.45) is 0 Å². The van der Waals surface area contributed by atoms with Gasteiger partial charge in [-0.3, -0.25) is 0 Å². The second-order valence-corrected chi connectivity index (χ2v) is 4.62. The molecule has 2 aromatic rings. The van der Waals surface area contributed by atoms with E-state index in [2.05, 4.69) is 15.9 Å². The van der Waals surface area contributed by atoms with Crippen molar-refractivity contribution < 1.29 is 14.6 Å². The van der Waals surface area contributed by atoms with Crippen LogP contribution in [0.1, 0.15) is 15.9 Å². The number of hydrogen-bond donors (Lipinski definition) is 1. The maximum atomic E-state index is 11.0. The number of halogens is 1. The van der Waals surface area contributed by atoms with E-state index in [-0.39, 0.29) is 12.2 Å². The predicted octanol–water partition coefficient (Wildman–Crippen LogP) is 3.73. The molecule has 3 nitrogen and oxygen atoms in total. The van der Waals surface area contributed by atoms with Crippen LogP contribution in [0.4, 0.5) is 0 Å². The summed E-state index contributed by atoms with van der Waals surface area (Å²) in [5.74, 6) is -0.233. The highest BCUT2D eigenvalue weighted by atomic mass is 79.9. The average molecular weight is 307 g/mol. The first-order chi connectivity index (χ1) is 8.66. The lowest BCUT2D eigenvalue weighted by atomic mass is 10.1. The zero-order valence-corrected chi connectivity index (χ0v) is 11.1. The summed E-state index contributed by atoms with van der Waals surface area (Å²) in [5.41, 5.74) is 0.933. The fourth-order valence-corrected chi connectivity index (χ4v) is 1.81. The molecule has 0 saturated carbocycles. The molecule has 92 valence electrons. The molecule has 0 amide bonds. The SMILES string of the molecule is O=C(O)c1ccccc1COc1ccc(Br)cc1. The fourth-order valence-electron chi connectivity index (χ4n) is 1.55. The summed E-state index contributed by atoms with van der Waals surface area (Å²) >= 11 is 3.34. The first-order valence-electron chi connectivity index (χ1n) is 5.36. The molecule has 1 N–H and O–H groups in total. The van der Waals surface area contributed by atoms with E-state index in [9.17, 15) is 4.79 Å². The summed E-state index contributed by atoms with van der Waals surface area (Å²) in [6, 6.07) is 14.2. The van der Waals surface area contributed by atoms with Crippen LogP contribution in [-0.2, 0) is 6.61 Å². The van der Waals surface area contributed by atoms with Crippen molar-refractivity contribution in [1.82, 2.24) is 0 Å². The van der Waals surface area contributed by atoms with Gasteiger partial charge in [-0.05, 0) is 30.3 Å². The Kier molecular flexibility index (Phi) is 3.99. The van der Waals surface area contributed by atoms with Gasteiger partial charge in [0.05, 0.1) is 5.56 Å². The number of ether oxygens (including phenoxy) is 1. The van der Waals surface area contributed by atoms with Gasteiger partial charge in [-0.1, -0.05) is 34.1 Å². The summed E-state index contributed by atoms with van der Waals surface area (Å²) < 4.78 is 6.53. The highest BCUT2D eigenvalue weighted by Gasteiger charge is 2.09. The molecule has 0 radical (unpaired) electrons. The molecule has 0 spiro atoms. The molecule has 0 fully saturated rings. The third kappa shape index (κ3) is 3.11. The molecule has 0 unspecified atom stereocenters. The topological polar surface area (TPSA) is 46.5 Å². The van der Waals surface area contributed by atoms with Gasteiger partial charge >= 0.3 is 5.97 Å². The lowest BCUT2D eigenvalue weighted by Gasteiger charge is -2.08. The van der Waals surface area contributed by atoms with Crippen LogP contribution < -0.4 is 4.74 Å². The molecule has 0 atom stereocenters. The Balaban J connectivity index is 2.10. The Hall–Kier alpha value is -1.81. The minimum absolute atomic E-state index is 0.240. The standard InChI is InChI=1S/C14H11BrO3/c15-11-5-7-12(8-6-11)18-9-10-3-1-2-4-13(10)14(16)17/h1-8H,9H2,(H,16,17). The van der Waals surface area contributed by atoms with Crippen molar-refractivity contribution in [1.29, 1.82) is 0 Å². The van der Waals surface area contributed by atoms with Crippen LogP contribution in [0.25, 0.3) is 0 Å². The molecular formula is C14H11BrO3. The highest BCUT2D eigenvalue weighted by molar-refractivity contribution is 9.10. The third-order valence-electron chi connectivity index (χ3n) is 2.46. The number of carboxylic acids is 1. The number of hydrogen-bond acceptors (Lipinski definition) is 2. The molecule has 0 bridgehead atoms. The van der Waals surface area contributed by atoms with E-state index >= 15 is 0 Å². The van der Waals surface area contributed by atoms with Crippen molar-refractivity contribution in [2.45, 2.75) is 6.61 Å². The van der Waals surface area contributed by atoms with Crippen LogP contribution in [-0.4, -0.2) is 11.1 Å². The zero-order valence-electron chi connectivity index (χ0n) is 9.47. The molecule has 2 rings (SSSR count). The Labute approximate surface area is 113 Å². The fraction of sp³-hybridized carbons (Fsp3) is 0.0714.